The normalized spacial score (nSPS) is 16.0. The van der Waals surface area contributed by atoms with E-state index < -0.39 is 52.8 Å². The van der Waals surface area contributed by atoms with Crippen LogP contribution in [-0.2, 0) is 29.2 Å². The third-order valence-electron chi connectivity index (χ3n) is 7.16. The minimum absolute atomic E-state index is 0.00554. The third kappa shape index (κ3) is 5.23. The number of hydrogen-bond donors (Lipinski definition) is 1. The minimum Gasteiger partial charge on any atom is -0.483 e. The zero-order chi connectivity index (χ0) is 29.4. The number of nitrogens with two attached hydrogens (primary N) is 1. The summed E-state index contributed by atoms with van der Waals surface area (Å²) >= 11 is 0. The van der Waals surface area contributed by atoms with E-state index in [1.807, 2.05) is 19.9 Å². The van der Waals surface area contributed by atoms with Gasteiger partial charge in [0.15, 0.2) is 11.4 Å². The molecule has 3 amide bonds. The number of ether oxygens (including phenoxy) is 2. The van der Waals surface area contributed by atoms with Crippen LogP contribution in [0.25, 0.3) is 0 Å². The van der Waals surface area contributed by atoms with Gasteiger partial charge in [-0.15, -0.1) is 0 Å². The summed E-state index contributed by atoms with van der Waals surface area (Å²) in [6, 6.07) is 11.0. The molecule has 12 heteroatoms. The summed E-state index contributed by atoms with van der Waals surface area (Å²) in [6.45, 7) is 3.91. The van der Waals surface area contributed by atoms with E-state index in [1.54, 1.807) is 33.7 Å². The van der Waals surface area contributed by atoms with Gasteiger partial charge in [-0.3, -0.25) is 19.2 Å². The molecular weight excluding hydrogens is 538 g/mol. The number of aromatic nitrogens is 1. The number of benzene rings is 2. The molecule has 214 valence electrons. The summed E-state index contributed by atoms with van der Waals surface area (Å²) in [6.07, 6.45) is -0.658. The first kappa shape index (κ1) is 28.1. The average Bonchev–Trinajstić information content (AvgIpc) is 2.95. The van der Waals surface area contributed by atoms with E-state index in [0.717, 1.165) is 17.7 Å². The van der Waals surface area contributed by atoms with Crippen LogP contribution in [0.5, 0.6) is 5.75 Å². The minimum atomic E-state index is -1.17. The van der Waals surface area contributed by atoms with Gasteiger partial charge in [0.05, 0.1) is 31.4 Å². The summed E-state index contributed by atoms with van der Waals surface area (Å²) in [5.74, 6) is 1.09. The van der Waals surface area contributed by atoms with Gasteiger partial charge < -0.3 is 18.9 Å². The second-order valence-corrected chi connectivity index (χ2v) is 10.2. The fraction of sp³-hybridized carbons (Fsp3) is 0.310. The first-order chi connectivity index (χ1) is 19.6. The first-order valence-corrected chi connectivity index (χ1v) is 13.0. The molecular formula is C29H28F2N4O6. The lowest BCUT2D eigenvalue weighted by Gasteiger charge is -2.42. The Morgan fingerprint density at radius 1 is 1.15 bits per heavy atom. The fourth-order valence-corrected chi connectivity index (χ4v) is 5.08. The molecule has 3 heterocycles. The maximum absolute atomic E-state index is 14.2. The Morgan fingerprint density at radius 3 is 2.56 bits per heavy atom. The number of carbonyl (C=O) groups is 3. The van der Waals surface area contributed by atoms with Crippen LogP contribution in [-0.4, -0.2) is 51.4 Å². The number of hydrazine groups is 1. The Bertz CT molecular complexity index is 1590. The van der Waals surface area contributed by atoms with Crippen molar-refractivity contribution in [1.29, 1.82) is 0 Å². The molecule has 0 spiro atoms. The molecule has 0 radical (unpaired) electrons. The van der Waals surface area contributed by atoms with Crippen molar-refractivity contribution in [1.82, 2.24) is 14.5 Å². The lowest BCUT2D eigenvalue weighted by molar-refractivity contribution is -0.128. The van der Waals surface area contributed by atoms with Crippen molar-refractivity contribution in [2.45, 2.75) is 45.6 Å². The molecule has 1 aromatic heterocycles. The quantitative estimate of drug-likeness (QED) is 0.265. The van der Waals surface area contributed by atoms with E-state index in [9.17, 15) is 28.0 Å². The topological polar surface area (TPSA) is 124 Å². The molecule has 0 saturated heterocycles. The van der Waals surface area contributed by atoms with Crippen molar-refractivity contribution in [3.05, 3.63) is 98.5 Å². The smallest absolute Gasteiger partial charge is 0.280 e. The monoisotopic (exact) mass is 566 g/mol. The molecule has 3 aromatic rings. The Kier molecular flexibility index (Phi) is 7.70. The molecule has 2 aliphatic heterocycles. The van der Waals surface area contributed by atoms with Gasteiger partial charge >= 0.3 is 0 Å². The third-order valence-corrected chi connectivity index (χ3v) is 7.16. The fourth-order valence-electron chi connectivity index (χ4n) is 5.08. The van der Waals surface area contributed by atoms with Crippen LogP contribution >= 0.6 is 0 Å². The van der Waals surface area contributed by atoms with E-state index in [4.69, 9.17) is 15.3 Å². The van der Waals surface area contributed by atoms with Gasteiger partial charge in [0.25, 0.3) is 11.8 Å². The molecule has 0 saturated carbocycles. The molecule has 5 rings (SSSR count). The van der Waals surface area contributed by atoms with Crippen LogP contribution in [0.1, 0.15) is 57.6 Å². The Balaban J connectivity index is 1.59. The first-order valence-electron chi connectivity index (χ1n) is 13.0. The van der Waals surface area contributed by atoms with E-state index in [0.29, 0.717) is 6.07 Å². The molecule has 1 atom stereocenters. The summed E-state index contributed by atoms with van der Waals surface area (Å²) < 4.78 is 40.7. The number of imide groups is 1. The van der Waals surface area contributed by atoms with Crippen LogP contribution in [0.4, 0.5) is 8.78 Å². The highest BCUT2D eigenvalue weighted by Gasteiger charge is 2.42. The maximum Gasteiger partial charge on any atom is 0.280 e. The molecule has 1 unspecified atom stereocenters. The highest BCUT2D eigenvalue weighted by molar-refractivity contribution is 6.06. The van der Waals surface area contributed by atoms with Crippen molar-refractivity contribution < 1.29 is 32.6 Å². The zero-order valence-corrected chi connectivity index (χ0v) is 22.4. The Morgan fingerprint density at radius 2 is 1.88 bits per heavy atom. The number of halogens is 2. The van der Waals surface area contributed by atoms with Gasteiger partial charge in [-0.25, -0.2) is 19.6 Å². The highest BCUT2D eigenvalue weighted by atomic mass is 19.1. The lowest BCUT2D eigenvalue weighted by Crippen LogP contribution is -2.52. The van der Waals surface area contributed by atoms with Crippen molar-refractivity contribution >= 4 is 17.7 Å². The second-order valence-electron chi connectivity index (χ2n) is 10.2. The molecule has 10 nitrogen and oxygen atoms in total. The van der Waals surface area contributed by atoms with Gasteiger partial charge in [-0.05, 0) is 31.0 Å². The average molecular weight is 567 g/mol. The van der Waals surface area contributed by atoms with E-state index in [1.165, 1.54) is 0 Å². The maximum atomic E-state index is 14.2. The number of rotatable bonds is 7. The van der Waals surface area contributed by atoms with Crippen molar-refractivity contribution in [2.24, 2.45) is 5.84 Å². The van der Waals surface area contributed by atoms with Gasteiger partial charge in [-0.2, -0.15) is 0 Å². The number of carbonyl (C=O) groups excluding carboxylic acids is 3. The van der Waals surface area contributed by atoms with Gasteiger partial charge in [0.1, 0.15) is 23.8 Å². The molecule has 41 heavy (non-hydrogen) atoms. The van der Waals surface area contributed by atoms with Crippen molar-refractivity contribution in [3.8, 4) is 5.75 Å². The highest BCUT2D eigenvalue weighted by Crippen LogP contribution is 2.34. The largest absolute Gasteiger partial charge is 0.483 e. The van der Waals surface area contributed by atoms with Gasteiger partial charge in [0, 0.05) is 18.7 Å². The lowest BCUT2D eigenvalue weighted by atomic mass is 10.0. The van der Waals surface area contributed by atoms with Crippen LogP contribution in [0.2, 0.25) is 0 Å². The Hall–Kier alpha value is -4.42. The molecule has 0 aliphatic carbocycles. The summed E-state index contributed by atoms with van der Waals surface area (Å²) in [5, 5.41) is 0.221. The predicted octanol–water partition coefficient (Wildman–Crippen LogP) is 2.73. The van der Waals surface area contributed by atoms with Gasteiger partial charge in [0.2, 0.25) is 11.3 Å². The van der Waals surface area contributed by atoms with E-state index in [-0.39, 0.29) is 60.1 Å². The van der Waals surface area contributed by atoms with E-state index in [2.05, 4.69) is 0 Å². The number of pyridine rings is 1. The second kappa shape index (κ2) is 11.2. The SMILES string of the molecule is CC(C)N1CC2COCc3c(C(=O)N(N)C(=O)Cc4ccc(F)cc4F)c(=O)c(OCc4ccccc4)c(n32)C1=O. The van der Waals surface area contributed by atoms with E-state index >= 15 is 0 Å². The number of hydrogen-bond acceptors (Lipinski definition) is 7. The number of amides is 3. The van der Waals surface area contributed by atoms with Crippen LogP contribution in [0.3, 0.4) is 0 Å². The summed E-state index contributed by atoms with van der Waals surface area (Å²) in [5.41, 5.74) is -0.789. The summed E-state index contributed by atoms with van der Waals surface area (Å²) in [4.78, 5) is 55.7. The van der Waals surface area contributed by atoms with Gasteiger partial charge in [-0.1, -0.05) is 36.4 Å². The molecule has 0 fully saturated rings. The molecule has 0 bridgehead atoms. The zero-order valence-electron chi connectivity index (χ0n) is 22.4. The Labute approximate surface area is 233 Å². The number of nitrogens with zero attached hydrogens (tertiary/aromatic N) is 3. The standard InChI is InChI=1S/C29H28F2N4O6/c1-16(2)33-12-20-14-40-15-22-24(28(38)35(32)23(36)10-18-8-9-19(30)11-21(18)31)26(37)27(25(29(33)39)34(20)22)41-13-17-6-4-3-5-7-17/h3-9,11,16,20H,10,12-15,32H2,1-2H3. The molecule has 2 aromatic carbocycles. The molecule has 2 aliphatic rings. The van der Waals surface area contributed by atoms with Crippen molar-refractivity contribution in [2.75, 3.05) is 13.2 Å². The summed E-state index contributed by atoms with van der Waals surface area (Å²) in [7, 11) is 0. The van der Waals surface area contributed by atoms with Crippen LogP contribution in [0, 0.1) is 11.6 Å². The molecule has 2 N–H and O–H groups in total. The van der Waals surface area contributed by atoms with Crippen LogP contribution in [0.15, 0.2) is 53.3 Å². The predicted molar refractivity (Wildman–Crippen MR) is 142 cm³/mol. The van der Waals surface area contributed by atoms with Crippen molar-refractivity contribution in [3.63, 3.8) is 0 Å². The van der Waals surface area contributed by atoms with Crippen LogP contribution < -0.4 is 16.0 Å².